The molecule has 1 aromatic carbocycles. The molecule has 0 fully saturated rings. The summed E-state index contributed by atoms with van der Waals surface area (Å²) in [5.41, 5.74) is 1.29. The van der Waals surface area contributed by atoms with E-state index in [0.717, 1.165) is 6.20 Å². The SMILES string of the molecule is Cc1cn(CC(F)(F)F)nc1S(=O)(=O)n1cc2c(n1)CN(C(=O)[C@@H](CO)c1ccccc1Cl)C2. The van der Waals surface area contributed by atoms with Crippen LogP contribution in [0.1, 0.15) is 28.3 Å². The number of carbonyl (C=O) groups is 1. The van der Waals surface area contributed by atoms with Crippen molar-refractivity contribution < 1.29 is 31.5 Å². The summed E-state index contributed by atoms with van der Waals surface area (Å²) in [6.45, 7) is -0.502. The molecule has 1 N–H and O–H groups in total. The number of hydrogen-bond acceptors (Lipinski definition) is 6. The lowest BCUT2D eigenvalue weighted by atomic mass is 9.98. The van der Waals surface area contributed by atoms with E-state index in [9.17, 15) is 31.5 Å². The van der Waals surface area contributed by atoms with Crippen LogP contribution in [0.5, 0.6) is 0 Å². The molecule has 1 amide bonds. The maximum Gasteiger partial charge on any atom is 0.408 e. The number of rotatable bonds is 6. The van der Waals surface area contributed by atoms with Crippen LogP contribution in [0, 0.1) is 6.92 Å². The van der Waals surface area contributed by atoms with Gasteiger partial charge in [-0.05, 0) is 18.6 Å². The van der Waals surface area contributed by atoms with E-state index in [1.54, 1.807) is 24.3 Å². The van der Waals surface area contributed by atoms with Gasteiger partial charge in [-0.2, -0.15) is 35.9 Å². The van der Waals surface area contributed by atoms with Crippen LogP contribution in [0.25, 0.3) is 0 Å². The highest BCUT2D eigenvalue weighted by molar-refractivity contribution is 7.89. The topological polar surface area (TPSA) is 110 Å². The minimum atomic E-state index is -4.56. The van der Waals surface area contributed by atoms with Gasteiger partial charge in [0.1, 0.15) is 6.54 Å². The highest BCUT2D eigenvalue weighted by atomic mass is 35.5. The van der Waals surface area contributed by atoms with Crippen molar-refractivity contribution in [1.82, 2.24) is 23.9 Å². The second kappa shape index (κ2) is 8.71. The smallest absolute Gasteiger partial charge is 0.395 e. The third-order valence-electron chi connectivity index (χ3n) is 5.36. The Balaban J connectivity index is 1.54. The van der Waals surface area contributed by atoms with Crippen LogP contribution < -0.4 is 0 Å². The van der Waals surface area contributed by atoms with E-state index in [4.69, 9.17) is 11.6 Å². The Kier molecular flexibility index (Phi) is 6.21. The summed E-state index contributed by atoms with van der Waals surface area (Å²) >= 11 is 6.16. The molecule has 0 radical (unpaired) electrons. The number of hydrogen-bond donors (Lipinski definition) is 1. The van der Waals surface area contributed by atoms with Crippen LogP contribution >= 0.6 is 11.6 Å². The van der Waals surface area contributed by atoms with Crippen molar-refractivity contribution in [3.8, 4) is 0 Å². The van der Waals surface area contributed by atoms with Gasteiger partial charge in [0.2, 0.25) is 10.9 Å². The van der Waals surface area contributed by atoms with Crippen molar-refractivity contribution in [3.05, 3.63) is 64.1 Å². The normalized spacial score (nSPS) is 14.9. The number of aliphatic hydroxyl groups excluding tert-OH is 1. The Labute approximate surface area is 197 Å². The van der Waals surface area contributed by atoms with Gasteiger partial charge in [0.25, 0.3) is 0 Å². The first-order valence-corrected chi connectivity index (χ1v) is 11.8. The van der Waals surface area contributed by atoms with Gasteiger partial charge in [-0.1, -0.05) is 29.8 Å². The summed E-state index contributed by atoms with van der Waals surface area (Å²) in [6.07, 6.45) is -2.34. The number of benzene rings is 1. The Morgan fingerprint density at radius 3 is 2.53 bits per heavy atom. The molecule has 3 heterocycles. The Hall–Kier alpha value is -2.90. The van der Waals surface area contributed by atoms with Crippen LogP contribution in [0.15, 0.2) is 41.7 Å². The summed E-state index contributed by atoms with van der Waals surface area (Å²) in [6, 6.07) is 6.65. The first kappa shape index (κ1) is 24.2. The molecule has 1 aliphatic heterocycles. The van der Waals surface area contributed by atoms with E-state index in [1.807, 2.05) is 0 Å². The van der Waals surface area contributed by atoms with Crippen LogP contribution in [-0.2, 0) is 34.5 Å². The van der Waals surface area contributed by atoms with E-state index in [1.165, 1.54) is 18.0 Å². The third-order valence-corrected chi connectivity index (χ3v) is 7.28. The maximum atomic E-state index is 13.0. The van der Waals surface area contributed by atoms with Crippen LogP contribution in [0.4, 0.5) is 13.2 Å². The molecular formula is C20H19ClF3N5O4S. The highest BCUT2D eigenvalue weighted by Gasteiger charge is 2.35. The second-order valence-electron chi connectivity index (χ2n) is 7.86. The molecule has 0 aliphatic carbocycles. The largest absolute Gasteiger partial charge is 0.408 e. The monoisotopic (exact) mass is 517 g/mol. The number of aliphatic hydroxyl groups is 1. The molecule has 182 valence electrons. The molecule has 14 heteroatoms. The van der Waals surface area contributed by atoms with Gasteiger partial charge in [0, 0.05) is 35.1 Å². The predicted molar refractivity (Wildman–Crippen MR) is 113 cm³/mol. The summed E-state index contributed by atoms with van der Waals surface area (Å²) in [5.74, 6) is -1.29. The minimum Gasteiger partial charge on any atom is -0.395 e. The number of amides is 1. The number of nitrogens with zero attached hydrogens (tertiary/aromatic N) is 5. The standard InChI is InChI=1S/C20H19ClF3N5O4S/c1-12-6-28(11-20(22,23)24)26-18(12)34(32,33)29-8-13-7-27(9-17(13)25-29)19(31)15(10-30)14-4-2-3-5-16(14)21/h2-6,8,15,30H,7,9-11H2,1H3/t15-/m0/s1. The number of alkyl halides is 3. The zero-order valence-corrected chi connectivity index (χ0v) is 19.3. The van der Waals surface area contributed by atoms with Crippen molar-refractivity contribution in [3.63, 3.8) is 0 Å². The van der Waals surface area contributed by atoms with Crippen LogP contribution in [-0.4, -0.2) is 56.1 Å². The zero-order valence-electron chi connectivity index (χ0n) is 17.7. The number of halogens is 4. The summed E-state index contributed by atoms with van der Waals surface area (Å²) in [5, 5.41) is 17.2. The van der Waals surface area contributed by atoms with Crippen LogP contribution in [0.3, 0.4) is 0 Å². The number of fused-ring (bicyclic) bond motifs is 1. The molecule has 0 bridgehead atoms. The van der Waals surface area contributed by atoms with Gasteiger partial charge in [0.15, 0.2) is 0 Å². The lowest BCUT2D eigenvalue weighted by Crippen LogP contribution is -2.33. The van der Waals surface area contributed by atoms with Gasteiger partial charge >= 0.3 is 16.2 Å². The van der Waals surface area contributed by atoms with Crippen LogP contribution in [0.2, 0.25) is 5.02 Å². The van der Waals surface area contributed by atoms with E-state index in [-0.39, 0.29) is 18.7 Å². The first-order valence-electron chi connectivity index (χ1n) is 9.98. The minimum absolute atomic E-state index is 0.000858. The Bertz CT molecular complexity index is 1330. The van der Waals surface area contributed by atoms with Gasteiger partial charge in [-0.25, -0.2) is 0 Å². The fourth-order valence-corrected chi connectivity index (χ4v) is 5.39. The van der Waals surface area contributed by atoms with Gasteiger partial charge < -0.3 is 10.0 Å². The van der Waals surface area contributed by atoms with Gasteiger partial charge in [-0.3, -0.25) is 9.48 Å². The lowest BCUT2D eigenvalue weighted by Gasteiger charge is -2.22. The zero-order chi connectivity index (χ0) is 24.8. The lowest BCUT2D eigenvalue weighted by molar-refractivity contribution is -0.142. The summed E-state index contributed by atoms with van der Waals surface area (Å²) in [7, 11) is -4.34. The Morgan fingerprint density at radius 2 is 1.91 bits per heavy atom. The maximum absolute atomic E-state index is 13.0. The fourth-order valence-electron chi connectivity index (χ4n) is 3.81. The molecule has 4 rings (SSSR count). The molecular weight excluding hydrogens is 499 g/mol. The van der Waals surface area contributed by atoms with E-state index in [2.05, 4.69) is 10.2 Å². The fraction of sp³-hybridized carbons (Fsp3) is 0.350. The molecule has 9 nitrogen and oxygen atoms in total. The van der Waals surface area contributed by atoms with E-state index < -0.39 is 46.2 Å². The molecule has 1 aliphatic rings. The summed E-state index contributed by atoms with van der Waals surface area (Å²) in [4.78, 5) is 14.4. The van der Waals surface area contributed by atoms with Gasteiger partial charge in [-0.15, -0.1) is 0 Å². The average Bonchev–Trinajstić information content (AvgIpc) is 3.42. The van der Waals surface area contributed by atoms with Crippen molar-refractivity contribution >= 4 is 27.5 Å². The molecule has 1 atom stereocenters. The molecule has 0 spiro atoms. The number of aromatic nitrogens is 4. The molecule has 2 aromatic heterocycles. The molecule has 34 heavy (non-hydrogen) atoms. The molecule has 0 saturated carbocycles. The second-order valence-corrected chi connectivity index (χ2v) is 9.98. The number of aryl methyl sites for hydroxylation is 1. The van der Waals surface area contributed by atoms with Crippen molar-refractivity contribution in [2.24, 2.45) is 0 Å². The Morgan fingerprint density at radius 1 is 1.21 bits per heavy atom. The summed E-state index contributed by atoms with van der Waals surface area (Å²) < 4.78 is 65.0. The first-order chi connectivity index (χ1) is 15.9. The molecule has 0 unspecified atom stereocenters. The molecule has 0 saturated heterocycles. The van der Waals surface area contributed by atoms with Crippen molar-refractivity contribution in [2.45, 2.75) is 43.7 Å². The van der Waals surface area contributed by atoms with E-state index >= 15 is 0 Å². The third kappa shape index (κ3) is 4.55. The number of carbonyl (C=O) groups excluding carboxylic acids is 1. The van der Waals surface area contributed by atoms with Crippen molar-refractivity contribution in [2.75, 3.05) is 6.61 Å². The van der Waals surface area contributed by atoms with E-state index in [0.29, 0.717) is 30.6 Å². The van der Waals surface area contributed by atoms with Gasteiger partial charge in [0.05, 0.1) is 24.8 Å². The predicted octanol–water partition coefficient (Wildman–Crippen LogP) is 2.46. The average molecular weight is 518 g/mol. The molecule has 3 aromatic rings. The van der Waals surface area contributed by atoms with Crippen molar-refractivity contribution in [1.29, 1.82) is 0 Å². The quantitative estimate of drug-likeness (QED) is 0.538. The highest BCUT2D eigenvalue weighted by Crippen LogP contribution is 2.30.